The van der Waals surface area contributed by atoms with E-state index < -0.39 is 10.0 Å². The molecule has 1 aliphatic heterocycles. The number of sulfonamides is 1. The highest BCUT2D eigenvalue weighted by molar-refractivity contribution is 7.89. The minimum atomic E-state index is -3.37. The molecule has 0 unspecified atom stereocenters. The fourth-order valence-electron chi connectivity index (χ4n) is 2.72. The highest BCUT2D eigenvalue weighted by atomic mass is 32.2. The Morgan fingerprint density at radius 2 is 1.86 bits per heavy atom. The number of allylic oxidation sites excluding steroid dienone is 1. The lowest BCUT2D eigenvalue weighted by Gasteiger charge is -2.31. The number of quaternary nitrogens is 1. The molecule has 0 radical (unpaired) electrons. The molecule has 1 aromatic rings. The van der Waals surface area contributed by atoms with Crippen LogP contribution >= 0.6 is 0 Å². The van der Waals surface area contributed by atoms with Gasteiger partial charge in [-0.2, -0.15) is 4.31 Å². The zero-order valence-corrected chi connectivity index (χ0v) is 14.8. The van der Waals surface area contributed by atoms with Crippen LogP contribution in [-0.4, -0.2) is 45.4 Å². The lowest BCUT2D eigenvalue weighted by atomic mass is 10.2. The van der Waals surface area contributed by atoms with Gasteiger partial charge in [-0.1, -0.05) is 17.7 Å². The summed E-state index contributed by atoms with van der Waals surface area (Å²) < 4.78 is 27.3. The summed E-state index contributed by atoms with van der Waals surface area (Å²) in [5, 5.41) is 0. The Balaban J connectivity index is 2.10. The van der Waals surface area contributed by atoms with E-state index in [2.05, 4.69) is 19.9 Å². The lowest BCUT2D eigenvalue weighted by molar-refractivity contribution is -0.897. The van der Waals surface area contributed by atoms with E-state index in [1.807, 2.05) is 26.0 Å². The molecule has 1 N–H and O–H groups in total. The number of hydrogen-bond acceptors (Lipinski definition) is 2. The van der Waals surface area contributed by atoms with E-state index >= 15 is 0 Å². The van der Waals surface area contributed by atoms with E-state index in [1.165, 1.54) is 10.5 Å². The third kappa shape index (κ3) is 3.97. The molecule has 0 aromatic heterocycles. The maximum Gasteiger partial charge on any atom is 0.243 e. The normalized spacial score (nSPS) is 17.5. The fraction of sp³-hybridized carbons (Fsp3) is 0.529. The molecule has 0 spiro atoms. The van der Waals surface area contributed by atoms with Crippen molar-refractivity contribution in [2.45, 2.75) is 32.6 Å². The van der Waals surface area contributed by atoms with Crippen molar-refractivity contribution in [1.82, 2.24) is 4.31 Å². The predicted molar refractivity (Wildman–Crippen MR) is 89.7 cm³/mol. The number of benzene rings is 1. The van der Waals surface area contributed by atoms with Gasteiger partial charge >= 0.3 is 0 Å². The van der Waals surface area contributed by atoms with Crippen LogP contribution in [0.1, 0.15) is 25.0 Å². The van der Waals surface area contributed by atoms with Crippen LogP contribution in [0.5, 0.6) is 0 Å². The minimum Gasteiger partial charge on any atom is -0.329 e. The van der Waals surface area contributed by atoms with Gasteiger partial charge in [0.05, 0.1) is 37.6 Å². The van der Waals surface area contributed by atoms with Gasteiger partial charge in [0.2, 0.25) is 10.0 Å². The highest BCUT2D eigenvalue weighted by Gasteiger charge is 2.30. The van der Waals surface area contributed by atoms with Gasteiger partial charge in [-0.05, 0) is 51.0 Å². The summed E-state index contributed by atoms with van der Waals surface area (Å²) in [4.78, 5) is 1.91. The first kappa shape index (κ1) is 17.2. The fourth-order valence-corrected chi connectivity index (χ4v) is 4.47. The second-order valence-electron chi connectivity index (χ2n) is 6.41. The van der Waals surface area contributed by atoms with Crippen LogP contribution in [0.2, 0.25) is 0 Å². The molecule has 0 bridgehead atoms. The summed E-state index contributed by atoms with van der Waals surface area (Å²) >= 11 is 0. The van der Waals surface area contributed by atoms with Gasteiger partial charge in [0.25, 0.3) is 0 Å². The first-order valence-electron chi connectivity index (χ1n) is 7.85. The molecule has 122 valence electrons. The van der Waals surface area contributed by atoms with Gasteiger partial charge in [-0.25, -0.2) is 8.42 Å². The van der Waals surface area contributed by atoms with E-state index in [0.29, 0.717) is 18.0 Å². The van der Waals surface area contributed by atoms with Crippen LogP contribution in [0, 0.1) is 13.8 Å². The Bertz CT molecular complexity index is 653. The van der Waals surface area contributed by atoms with Crippen molar-refractivity contribution in [3.63, 3.8) is 0 Å². The van der Waals surface area contributed by atoms with Crippen LogP contribution in [0.15, 0.2) is 34.7 Å². The van der Waals surface area contributed by atoms with Crippen molar-refractivity contribution < 1.29 is 13.3 Å². The van der Waals surface area contributed by atoms with E-state index in [0.717, 1.165) is 30.8 Å². The smallest absolute Gasteiger partial charge is 0.243 e. The van der Waals surface area contributed by atoms with E-state index in [-0.39, 0.29) is 0 Å². The Kier molecular flexibility index (Phi) is 5.42. The Labute approximate surface area is 134 Å². The van der Waals surface area contributed by atoms with Crippen molar-refractivity contribution in [2.24, 2.45) is 0 Å². The molecule has 1 fully saturated rings. The number of hydrogen-bond donors (Lipinski definition) is 1. The van der Waals surface area contributed by atoms with Gasteiger partial charge in [0.15, 0.2) is 0 Å². The molecule has 1 heterocycles. The Morgan fingerprint density at radius 1 is 1.23 bits per heavy atom. The second kappa shape index (κ2) is 6.94. The SMILES string of the molecule is CC(C)=CC[NH+]1CCN(S(=O)(=O)c2cc(C)ccc2C)CC1. The highest BCUT2D eigenvalue weighted by Crippen LogP contribution is 2.21. The summed E-state index contributed by atoms with van der Waals surface area (Å²) in [6.45, 7) is 11.9. The number of rotatable bonds is 4. The first-order valence-corrected chi connectivity index (χ1v) is 9.29. The largest absolute Gasteiger partial charge is 0.329 e. The third-order valence-electron chi connectivity index (χ3n) is 4.19. The molecule has 0 saturated carbocycles. The molecule has 5 heteroatoms. The van der Waals surface area contributed by atoms with Gasteiger partial charge in [-0.15, -0.1) is 0 Å². The molecule has 0 aliphatic carbocycles. The molecule has 0 amide bonds. The maximum atomic E-state index is 12.8. The van der Waals surface area contributed by atoms with Gasteiger partial charge < -0.3 is 4.90 Å². The van der Waals surface area contributed by atoms with Crippen LogP contribution in [0.3, 0.4) is 0 Å². The summed E-state index contributed by atoms with van der Waals surface area (Å²) in [5.41, 5.74) is 3.12. The van der Waals surface area contributed by atoms with Gasteiger partial charge in [-0.3, -0.25) is 0 Å². The summed E-state index contributed by atoms with van der Waals surface area (Å²) in [6.07, 6.45) is 2.23. The van der Waals surface area contributed by atoms with Crippen LogP contribution in [0.25, 0.3) is 0 Å². The zero-order chi connectivity index (χ0) is 16.3. The molecule has 22 heavy (non-hydrogen) atoms. The van der Waals surface area contributed by atoms with Gasteiger partial charge in [0.1, 0.15) is 0 Å². The van der Waals surface area contributed by atoms with E-state index in [9.17, 15) is 8.42 Å². The van der Waals surface area contributed by atoms with Crippen LogP contribution in [-0.2, 0) is 10.0 Å². The summed E-state index contributed by atoms with van der Waals surface area (Å²) in [6, 6.07) is 5.63. The number of piperazine rings is 1. The molecule has 0 atom stereocenters. The van der Waals surface area contributed by atoms with Crippen molar-refractivity contribution in [3.05, 3.63) is 41.0 Å². The molecular formula is C17H27N2O2S+. The van der Waals surface area contributed by atoms with Crippen LogP contribution in [0.4, 0.5) is 0 Å². The minimum absolute atomic E-state index is 0.459. The maximum absolute atomic E-state index is 12.8. The summed E-state index contributed by atoms with van der Waals surface area (Å²) in [7, 11) is -3.37. The zero-order valence-electron chi connectivity index (χ0n) is 14.0. The van der Waals surface area contributed by atoms with Crippen molar-refractivity contribution >= 4 is 10.0 Å². The molecule has 1 saturated heterocycles. The van der Waals surface area contributed by atoms with Crippen LogP contribution < -0.4 is 4.90 Å². The van der Waals surface area contributed by atoms with E-state index in [4.69, 9.17) is 0 Å². The molecule has 1 aliphatic rings. The number of aryl methyl sites for hydroxylation is 2. The van der Waals surface area contributed by atoms with Crippen molar-refractivity contribution in [1.29, 1.82) is 0 Å². The van der Waals surface area contributed by atoms with E-state index in [1.54, 1.807) is 10.4 Å². The summed E-state index contributed by atoms with van der Waals surface area (Å²) in [5.74, 6) is 0. The monoisotopic (exact) mass is 323 g/mol. The third-order valence-corrected chi connectivity index (χ3v) is 6.23. The molecule has 4 nitrogen and oxygen atoms in total. The predicted octanol–water partition coefficient (Wildman–Crippen LogP) is 1.16. The Hall–Kier alpha value is -1.17. The Morgan fingerprint density at radius 3 is 2.45 bits per heavy atom. The number of nitrogens with zero attached hydrogens (tertiary/aromatic N) is 1. The standard InChI is InChI=1S/C17H26N2O2S/c1-14(2)7-8-18-9-11-19(12-10-18)22(20,21)17-13-15(3)5-6-16(17)4/h5-7,13H,8-12H2,1-4H3/p+1. The van der Waals surface area contributed by atoms with Crippen molar-refractivity contribution in [3.8, 4) is 0 Å². The molecule has 1 aromatic carbocycles. The quantitative estimate of drug-likeness (QED) is 0.845. The number of nitrogens with one attached hydrogen (secondary N) is 1. The second-order valence-corrected chi connectivity index (χ2v) is 8.31. The van der Waals surface area contributed by atoms with Crippen molar-refractivity contribution in [2.75, 3.05) is 32.7 Å². The average Bonchev–Trinajstić information content (AvgIpc) is 2.48. The average molecular weight is 323 g/mol. The molecule has 2 rings (SSSR count). The molecular weight excluding hydrogens is 296 g/mol. The first-order chi connectivity index (χ1) is 10.3. The van der Waals surface area contributed by atoms with Gasteiger partial charge in [0, 0.05) is 0 Å². The lowest BCUT2D eigenvalue weighted by Crippen LogP contribution is -3.14. The topological polar surface area (TPSA) is 41.8 Å².